The first kappa shape index (κ1) is 16.6. The van der Waals surface area contributed by atoms with Gasteiger partial charge in [-0.1, -0.05) is 0 Å². The number of nitro benzene ring substituents is 2. The molecule has 0 unspecified atom stereocenters. The molecule has 0 spiro atoms. The van der Waals surface area contributed by atoms with E-state index < -0.39 is 46.2 Å². The lowest BCUT2D eigenvalue weighted by molar-refractivity contribution is -0.393. The average molecular weight is 314 g/mol. The van der Waals surface area contributed by atoms with E-state index in [1.807, 2.05) is 0 Å². The Morgan fingerprint density at radius 2 is 1.27 bits per heavy atom. The molecular formula is C10H10N4O8. The Morgan fingerprint density at radius 3 is 1.55 bits per heavy atom. The Kier molecular flexibility index (Phi) is 5.16. The van der Waals surface area contributed by atoms with E-state index in [1.54, 1.807) is 0 Å². The lowest BCUT2D eigenvalue weighted by Gasteiger charge is -2.09. The van der Waals surface area contributed by atoms with Gasteiger partial charge in [-0.3, -0.25) is 29.8 Å². The first-order valence-corrected chi connectivity index (χ1v) is 5.60. The molecule has 0 aliphatic carbocycles. The van der Waals surface area contributed by atoms with Gasteiger partial charge in [0.15, 0.2) is 0 Å². The van der Waals surface area contributed by atoms with Crippen LogP contribution in [0, 0.1) is 20.2 Å². The van der Waals surface area contributed by atoms with Crippen molar-refractivity contribution in [3.63, 3.8) is 0 Å². The van der Waals surface area contributed by atoms with Gasteiger partial charge in [0.2, 0.25) is 0 Å². The van der Waals surface area contributed by atoms with E-state index >= 15 is 0 Å². The van der Waals surface area contributed by atoms with Crippen molar-refractivity contribution in [2.24, 2.45) is 0 Å². The second-order valence-electron chi connectivity index (χ2n) is 3.90. The van der Waals surface area contributed by atoms with Crippen LogP contribution in [0.25, 0.3) is 0 Å². The molecule has 22 heavy (non-hydrogen) atoms. The fourth-order valence-electron chi connectivity index (χ4n) is 1.50. The van der Waals surface area contributed by atoms with Gasteiger partial charge in [-0.25, -0.2) is 0 Å². The quantitative estimate of drug-likeness (QED) is 0.388. The van der Waals surface area contributed by atoms with E-state index in [-0.39, 0.29) is 11.4 Å². The third kappa shape index (κ3) is 4.29. The number of carbonyl (C=O) groups is 2. The molecule has 0 saturated heterocycles. The second kappa shape index (κ2) is 6.83. The van der Waals surface area contributed by atoms with E-state index in [0.717, 1.165) is 6.07 Å². The maximum absolute atomic E-state index is 10.9. The Bertz CT molecular complexity index is 593. The van der Waals surface area contributed by atoms with E-state index in [0.29, 0.717) is 6.07 Å². The number of carboxylic acids is 2. The summed E-state index contributed by atoms with van der Waals surface area (Å²) in [5.74, 6) is -2.60. The number of hydrogen-bond donors (Lipinski definition) is 4. The number of hydrogen-bond acceptors (Lipinski definition) is 8. The van der Waals surface area contributed by atoms with Gasteiger partial charge in [0.1, 0.15) is 24.5 Å². The van der Waals surface area contributed by atoms with Gasteiger partial charge in [-0.2, -0.15) is 0 Å². The molecule has 0 atom stereocenters. The molecule has 12 nitrogen and oxygen atoms in total. The van der Waals surface area contributed by atoms with Gasteiger partial charge in [-0.05, 0) is 6.07 Å². The zero-order chi connectivity index (χ0) is 16.9. The third-order valence-electron chi connectivity index (χ3n) is 2.37. The predicted octanol–water partition coefficient (Wildman–Crippen LogP) is 0.496. The zero-order valence-corrected chi connectivity index (χ0v) is 10.8. The minimum atomic E-state index is -1.30. The van der Waals surface area contributed by atoms with Crippen LogP contribution in [0.3, 0.4) is 0 Å². The number of nitro groups is 2. The largest absolute Gasteiger partial charge is 0.480 e. The summed E-state index contributed by atoms with van der Waals surface area (Å²) in [4.78, 5) is 41.0. The van der Waals surface area contributed by atoms with Crippen molar-refractivity contribution in [2.75, 3.05) is 23.7 Å². The van der Waals surface area contributed by atoms with Crippen molar-refractivity contribution in [2.45, 2.75) is 0 Å². The van der Waals surface area contributed by atoms with Crippen molar-refractivity contribution in [3.8, 4) is 0 Å². The first-order chi connectivity index (χ1) is 10.2. The highest BCUT2D eigenvalue weighted by Gasteiger charge is 2.25. The smallest absolute Gasteiger partial charge is 0.322 e. The van der Waals surface area contributed by atoms with Crippen LogP contribution in [0.1, 0.15) is 0 Å². The minimum absolute atomic E-state index is 0.286. The number of rotatable bonds is 8. The average Bonchev–Trinajstić information content (AvgIpc) is 2.41. The maximum atomic E-state index is 10.9. The summed E-state index contributed by atoms with van der Waals surface area (Å²) >= 11 is 0. The summed E-state index contributed by atoms with van der Waals surface area (Å²) in [5, 5.41) is 43.4. The monoisotopic (exact) mass is 314 g/mol. The SMILES string of the molecule is O=C(O)CNc1cc(NCC(=O)O)c([N+](=O)[O-])cc1[N+](=O)[O-]. The van der Waals surface area contributed by atoms with Crippen LogP contribution in [0.2, 0.25) is 0 Å². The fraction of sp³-hybridized carbons (Fsp3) is 0.200. The topological polar surface area (TPSA) is 185 Å². The molecule has 1 aromatic carbocycles. The molecule has 1 aromatic rings. The van der Waals surface area contributed by atoms with Gasteiger partial charge in [0.25, 0.3) is 11.4 Å². The van der Waals surface area contributed by atoms with Gasteiger partial charge in [0.05, 0.1) is 15.9 Å². The summed E-state index contributed by atoms with van der Waals surface area (Å²) in [6.45, 7) is -1.31. The molecule has 0 fully saturated rings. The van der Waals surface area contributed by atoms with E-state index in [9.17, 15) is 29.8 Å². The summed E-state index contributed by atoms with van der Waals surface area (Å²) in [6, 6.07) is 1.54. The zero-order valence-electron chi connectivity index (χ0n) is 10.8. The van der Waals surface area contributed by atoms with Crippen LogP contribution < -0.4 is 10.6 Å². The number of nitrogens with zero attached hydrogens (tertiary/aromatic N) is 2. The maximum Gasteiger partial charge on any atom is 0.322 e. The Balaban J connectivity index is 3.31. The van der Waals surface area contributed by atoms with Crippen LogP contribution in [0.4, 0.5) is 22.7 Å². The molecule has 0 aliphatic rings. The predicted molar refractivity (Wildman–Crippen MR) is 72.0 cm³/mol. The molecule has 0 aromatic heterocycles. The number of aliphatic carboxylic acids is 2. The van der Waals surface area contributed by atoms with E-state index in [1.165, 1.54) is 0 Å². The number of anilines is 2. The highest BCUT2D eigenvalue weighted by atomic mass is 16.6. The van der Waals surface area contributed by atoms with Crippen LogP contribution in [-0.4, -0.2) is 45.1 Å². The lowest BCUT2D eigenvalue weighted by atomic mass is 10.2. The lowest BCUT2D eigenvalue weighted by Crippen LogP contribution is -2.16. The molecule has 0 radical (unpaired) electrons. The summed E-state index contributed by atoms with van der Waals surface area (Å²) in [5.41, 5.74) is -1.97. The molecule has 1 rings (SSSR count). The van der Waals surface area contributed by atoms with Crippen LogP contribution in [0.5, 0.6) is 0 Å². The van der Waals surface area contributed by atoms with Crippen LogP contribution in [0.15, 0.2) is 12.1 Å². The summed E-state index contributed by atoms with van der Waals surface area (Å²) in [7, 11) is 0. The molecule has 0 bridgehead atoms. The molecular weight excluding hydrogens is 304 g/mol. The molecule has 12 heteroatoms. The molecule has 0 aliphatic heterocycles. The Labute approximate surface area is 121 Å². The number of carboxylic acid groups (broad SMARTS) is 2. The summed E-state index contributed by atoms with van der Waals surface area (Å²) in [6.07, 6.45) is 0. The Morgan fingerprint density at radius 1 is 0.909 bits per heavy atom. The fourth-order valence-corrected chi connectivity index (χ4v) is 1.50. The normalized spacial score (nSPS) is 9.82. The van der Waals surface area contributed by atoms with Crippen molar-refractivity contribution in [3.05, 3.63) is 32.4 Å². The Hall–Kier alpha value is -3.44. The highest BCUT2D eigenvalue weighted by molar-refractivity contribution is 5.82. The number of nitrogens with one attached hydrogen (secondary N) is 2. The van der Waals surface area contributed by atoms with Gasteiger partial charge < -0.3 is 20.8 Å². The van der Waals surface area contributed by atoms with Crippen LogP contribution in [-0.2, 0) is 9.59 Å². The molecule has 0 amide bonds. The van der Waals surface area contributed by atoms with Gasteiger partial charge in [-0.15, -0.1) is 0 Å². The van der Waals surface area contributed by atoms with Crippen LogP contribution >= 0.6 is 0 Å². The summed E-state index contributed by atoms with van der Waals surface area (Å²) < 4.78 is 0. The van der Waals surface area contributed by atoms with Crippen molar-refractivity contribution < 1.29 is 29.6 Å². The van der Waals surface area contributed by atoms with Gasteiger partial charge >= 0.3 is 11.9 Å². The molecule has 0 heterocycles. The van der Waals surface area contributed by atoms with Gasteiger partial charge in [0, 0.05) is 0 Å². The third-order valence-corrected chi connectivity index (χ3v) is 2.37. The molecule has 0 saturated carbocycles. The van der Waals surface area contributed by atoms with Crippen molar-refractivity contribution in [1.29, 1.82) is 0 Å². The van der Waals surface area contributed by atoms with E-state index in [2.05, 4.69) is 10.6 Å². The molecule has 118 valence electrons. The second-order valence-corrected chi connectivity index (χ2v) is 3.90. The highest BCUT2D eigenvalue weighted by Crippen LogP contribution is 2.35. The van der Waals surface area contributed by atoms with Crippen molar-refractivity contribution in [1.82, 2.24) is 0 Å². The first-order valence-electron chi connectivity index (χ1n) is 5.60. The number of benzene rings is 1. The minimum Gasteiger partial charge on any atom is -0.480 e. The van der Waals surface area contributed by atoms with Crippen molar-refractivity contribution >= 4 is 34.7 Å². The van der Waals surface area contributed by atoms with E-state index in [4.69, 9.17) is 10.2 Å². The standard InChI is InChI=1S/C10H10N4O8/c15-9(16)3-11-5-1-6(12-4-10(17)18)8(14(21)22)2-7(5)13(19)20/h1-2,11-12H,3-4H2,(H,15,16)(H,17,18). The molecule has 4 N–H and O–H groups in total.